The lowest BCUT2D eigenvalue weighted by atomic mass is 9.75. The molecule has 1 N–H and O–H groups in total. The zero-order valence-electron chi connectivity index (χ0n) is 12.4. The number of rotatable bonds is 2. The van der Waals surface area contributed by atoms with Crippen molar-refractivity contribution in [2.75, 3.05) is 0 Å². The minimum atomic E-state index is 0.572. The van der Waals surface area contributed by atoms with E-state index in [4.69, 9.17) is 0 Å². The molecule has 0 aliphatic heterocycles. The summed E-state index contributed by atoms with van der Waals surface area (Å²) in [6.45, 7) is 4.83. The molecule has 0 heterocycles. The highest BCUT2D eigenvalue weighted by Gasteiger charge is 2.29. The molecule has 1 aromatic rings. The van der Waals surface area contributed by atoms with E-state index in [0.29, 0.717) is 11.5 Å². The number of nitrogens with one attached hydrogen (secondary N) is 1. The molecule has 0 bridgehead atoms. The minimum Gasteiger partial charge on any atom is -0.307 e. The number of hydrogen-bond acceptors (Lipinski definition) is 1. The molecule has 0 amide bonds. The molecule has 2 aliphatic carbocycles. The second kappa shape index (κ2) is 5.28. The van der Waals surface area contributed by atoms with E-state index in [-0.39, 0.29) is 0 Å². The first-order valence-electron chi connectivity index (χ1n) is 7.98. The van der Waals surface area contributed by atoms with Crippen LogP contribution in [-0.2, 0) is 6.42 Å². The zero-order valence-corrected chi connectivity index (χ0v) is 12.4. The summed E-state index contributed by atoms with van der Waals surface area (Å²) in [7, 11) is 0. The quantitative estimate of drug-likeness (QED) is 0.815. The van der Waals surface area contributed by atoms with Crippen molar-refractivity contribution in [1.29, 1.82) is 0 Å². The van der Waals surface area contributed by atoms with Crippen LogP contribution in [0.2, 0.25) is 0 Å². The standard InChI is InChI=1S/C18H27N/c1-18(2)12-10-15(11-13-18)19-17-9-5-7-14-6-3-4-8-16(14)17/h3-4,6,8,15,17,19H,5,7,9-13H2,1-2H3. The van der Waals surface area contributed by atoms with Gasteiger partial charge in [0, 0.05) is 12.1 Å². The Bertz CT molecular complexity index is 425. The Labute approximate surface area is 117 Å². The van der Waals surface area contributed by atoms with Crippen LogP contribution >= 0.6 is 0 Å². The molecule has 1 atom stereocenters. The fraction of sp³-hybridized carbons (Fsp3) is 0.667. The Morgan fingerprint density at radius 3 is 2.58 bits per heavy atom. The summed E-state index contributed by atoms with van der Waals surface area (Å²) in [5.74, 6) is 0. The molecule has 1 aromatic carbocycles. The van der Waals surface area contributed by atoms with Crippen molar-refractivity contribution >= 4 is 0 Å². The number of fused-ring (bicyclic) bond motifs is 1. The third-order valence-corrected chi connectivity index (χ3v) is 5.15. The molecule has 0 saturated heterocycles. The smallest absolute Gasteiger partial charge is 0.0325 e. The third-order valence-electron chi connectivity index (χ3n) is 5.15. The van der Waals surface area contributed by atoms with Crippen molar-refractivity contribution in [3.05, 3.63) is 35.4 Å². The number of benzene rings is 1. The van der Waals surface area contributed by atoms with Crippen molar-refractivity contribution in [2.45, 2.75) is 70.9 Å². The fourth-order valence-corrected chi connectivity index (χ4v) is 3.78. The van der Waals surface area contributed by atoms with Crippen LogP contribution in [0.1, 0.15) is 69.5 Å². The predicted molar refractivity (Wildman–Crippen MR) is 81.3 cm³/mol. The lowest BCUT2D eigenvalue weighted by molar-refractivity contribution is 0.195. The fourth-order valence-electron chi connectivity index (χ4n) is 3.78. The first kappa shape index (κ1) is 13.2. The van der Waals surface area contributed by atoms with Crippen molar-refractivity contribution in [1.82, 2.24) is 5.32 Å². The van der Waals surface area contributed by atoms with E-state index in [1.165, 1.54) is 44.9 Å². The van der Waals surface area contributed by atoms with Gasteiger partial charge in [-0.1, -0.05) is 38.1 Å². The lowest BCUT2D eigenvalue weighted by Gasteiger charge is -2.38. The maximum absolute atomic E-state index is 3.95. The van der Waals surface area contributed by atoms with Crippen LogP contribution in [-0.4, -0.2) is 6.04 Å². The maximum atomic E-state index is 3.95. The van der Waals surface area contributed by atoms with Crippen LogP contribution in [0.3, 0.4) is 0 Å². The van der Waals surface area contributed by atoms with Gasteiger partial charge in [0.15, 0.2) is 0 Å². The summed E-state index contributed by atoms with van der Waals surface area (Å²) in [6, 6.07) is 10.4. The molecule has 1 heteroatoms. The van der Waals surface area contributed by atoms with Crippen molar-refractivity contribution in [3.63, 3.8) is 0 Å². The van der Waals surface area contributed by atoms with Crippen LogP contribution in [0.5, 0.6) is 0 Å². The van der Waals surface area contributed by atoms with Gasteiger partial charge in [0.05, 0.1) is 0 Å². The molecule has 1 saturated carbocycles. The number of hydrogen-bond donors (Lipinski definition) is 1. The van der Waals surface area contributed by atoms with E-state index in [2.05, 4.69) is 43.4 Å². The highest BCUT2D eigenvalue weighted by atomic mass is 15.0. The molecule has 2 aliphatic rings. The second-order valence-electron chi connectivity index (χ2n) is 7.25. The molecule has 3 rings (SSSR count). The molecule has 0 aromatic heterocycles. The van der Waals surface area contributed by atoms with Gasteiger partial charge in [0.2, 0.25) is 0 Å². The Kier molecular flexibility index (Phi) is 3.66. The zero-order chi connectivity index (χ0) is 13.3. The van der Waals surface area contributed by atoms with Crippen LogP contribution in [0.4, 0.5) is 0 Å². The Balaban J connectivity index is 1.65. The highest BCUT2D eigenvalue weighted by molar-refractivity contribution is 5.32. The summed E-state index contributed by atoms with van der Waals surface area (Å²) in [5, 5.41) is 3.95. The van der Waals surface area contributed by atoms with E-state index in [0.717, 1.165) is 6.04 Å². The van der Waals surface area contributed by atoms with Gasteiger partial charge in [-0.3, -0.25) is 0 Å². The maximum Gasteiger partial charge on any atom is 0.0325 e. The van der Waals surface area contributed by atoms with Crippen molar-refractivity contribution < 1.29 is 0 Å². The summed E-state index contributed by atoms with van der Waals surface area (Å²) < 4.78 is 0. The second-order valence-corrected chi connectivity index (χ2v) is 7.25. The van der Waals surface area contributed by atoms with E-state index in [1.807, 2.05) is 0 Å². The summed E-state index contributed by atoms with van der Waals surface area (Å²) in [5.41, 5.74) is 3.71. The van der Waals surface area contributed by atoms with Gasteiger partial charge >= 0.3 is 0 Å². The summed E-state index contributed by atoms with van der Waals surface area (Å²) >= 11 is 0. The predicted octanol–water partition coefficient (Wildman–Crippen LogP) is 4.62. The molecule has 104 valence electrons. The van der Waals surface area contributed by atoms with Gasteiger partial charge in [-0.05, 0) is 61.5 Å². The highest BCUT2D eigenvalue weighted by Crippen LogP contribution is 2.37. The average molecular weight is 257 g/mol. The Hall–Kier alpha value is -0.820. The average Bonchev–Trinajstić information content (AvgIpc) is 2.42. The van der Waals surface area contributed by atoms with Crippen molar-refractivity contribution in [3.8, 4) is 0 Å². The molecule has 1 nitrogen and oxygen atoms in total. The van der Waals surface area contributed by atoms with Crippen LogP contribution in [0.15, 0.2) is 24.3 Å². The molecule has 1 unspecified atom stereocenters. The lowest BCUT2D eigenvalue weighted by Crippen LogP contribution is -2.38. The van der Waals surface area contributed by atoms with E-state index in [1.54, 1.807) is 11.1 Å². The van der Waals surface area contributed by atoms with Crippen LogP contribution in [0, 0.1) is 5.41 Å². The summed E-state index contributed by atoms with van der Waals surface area (Å²) in [6.07, 6.45) is 9.38. The first-order valence-corrected chi connectivity index (χ1v) is 7.98. The van der Waals surface area contributed by atoms with Gasteiger partial charge in [0.25, 0.3) is 0 Å². The molecule has 19 heavy (non-hydrogen) atoms. The van der Waals surface area contributed by atoms with E-state index >= 15 is 0 Å². The van der Waals surface area contributed by atoms with Gasteiger partial charge in [-0.2, -0.15) is 0 Å². The largest absolute Gasteiger partial charge is 0.307 e. The molecule has 1 fully saturated rings. The van der Waals surface area contributed by atoms with E-state index < -0.39 is 0 Å². The molecule has 0 radical (unpaired) electrons. The monoisotopic (exact) mass is 257 g/mol. The van der Waals surface area contributed by atoms with Crippen molar-refractivity contribution in [2.24, 2.45) is 5.41 Å². The van der Waals surface area contributed by atoms with Gasteiger partial charge in [0.1, 0.15) is 0 Å². The Morgan fingerprint density at radius 1 is 1.05 bits per heavy atom. The topological polar surface area (TPSA) is 12.0 Å². The first-order chi connectivity index (χ1) is 9.14. The molecule has 0 spiro atoms. The van der Waals surface area contributed by atoms with E-state index in [9.17, 15) is 0 Å². The number of aryl methyl sites for hydroxylation is 1. The van der Waals surface area contributed by atoms with Crippen LogP contribution in [0.25, 0.3) is 0 Å². The SMILES string of the molecule is CC1(C)CCC(NC2CCCc3ccccc32)CC1. The van der Waals surface area contributed by atoms with Gasteiger partial charge in [-0.25, -0.2) is 0 Å². The van der Waals surface area contributed by atoms with Crippen LogP contribution < -0.4 is 5.32 Å². The minimum absolute atomic E-state index is 0.572. The molecular weight excluding hydrogens is 230 g/mol. The summed E-state index contributed by atoms with van der Waals surface area (Å²) in [4.78, 5) is 0. The normalized spacial score (nSPS) is 26.9. The third kappa shape index (κ3) is 3.02. The van der Waals surface area contributed by atoms with Gasteiger partial charge in [-0.15, -0.1) is 0 Å². The molecular formula is C18H27N. The van der Waals surface area contributed by atoms with Gasteiger partial charge < -0.3 is 5.32 Å². The Morgan fingerprint density at radius 2 is 1.79 bits per heavy atom.